The van der Waals surface area contributed by atoms with E-state index in [-0.39, 0.29) is 36.9 Å². The van der Waals surface area contributed by atoms with Gasteiger partial charge in [-0.05, 0) is 37.8 Å². The van der Waals surface area contributed by atoms with Crippen LogP contribution in [0.5, 0.6) is 0 Å². The van der Waals surface area contributed by atoms with Crippen molar-refractivity contribution in [3.05, 3.63) is 29.3 Å². The summed E-state index contributed by atoms with van der Waals surface area (Å²) in [5.74, 6) is -1.05. The summed E-state index contributed by atoms with van der Waals surface area (Å²) >= 11 is 0. The molecular formula is C20H28N2O4. The van der Waals surface area contributed by atoms with Gasteiger partial charge in [0.25, 0.3) is 5.91 Å². The van der Waals surface area contributed by atoms with Crippen LogP contribution in [0.3, 0.4) is 0 Å². The molecule has 1 aromatic carbocycles. The predicted molar refractivity (Wildman–Crippen MR) is 99.7 cm³/mol. The van der Waals surface area contributed by atoms with Gasteiger partial charge in [-0.3, -0.25) is 14.4 Å². The minimum atomic E-state index is -0.384. The highest BCUT2D eigenvalue weighted by molar-refractivity contribution is 5.96. The van der Waals surface area contributed by atoms with Gasteiger partial charge in [0.15, 0.2) is 6.61 Å². The standard InChI is InChI=1S/C20H28N2O4/c1-14-8-7-9-15(2)19(14)21-17(23)12-22(3)18(24)13-26-20(25)16-10-5-4-6-11-16/h7-9,16H,4-6,10-13H2,1-3H3,(H,21,23). The van der Waals surface area contributed by atoms with E-state index in [0.717, 1.165) is 48.9 Å². The van der Waals surface area contributed by atoms with Crippen molar-refractivity contribution in [1.82, 2.24) is 4.90 Å². The number of carbonyl (C=O) groups excluding carboxylic acids is 3. The molecule has 1 saturated carbocycles. The molecular weight excluding hydrogens is 332 g/mol. The third-order valence-electron chi connectivity index (χ3n) is 4.83. The van der Waals surface area contributed by atoms with Crippen molar-refractivity contribution in [3.63, 3.8) is 0 Å². The maximum absolute atomic E-state index is 12.2. The number of likely N-dealkylation sites (N-methyl/N-ethyl adjacent to an activating group) is 1. The molecule has 142 valence electrons. The van der Waals surface area contributed by atoms with Gasteiger partial charge < -0.3 is 15.0 Å². The van der Waals surface area contributed by atoms with Gasteiger partial charge >= 0.3 is 5.97 Å². The first-order valence-corrected chi connectivity index (χ1v) is 9.15. The van der Waals surface area contributed by atoms with E-state index in [4.69, 9.17) is 4.74 Å². The number of rotatable bonds is 6. The van der Waals surface area contributed by atoms with Gasteiger partial charge in [0.1, 0.15) is 0 Å². The summed E-state index contributed by atoms with van der Waals surface area (Å²) in [5, 5.41) is 2.84. The van der Waals surface area contributed by atoms with Crippen LogP contribution < -0.4 is 5.32 Å². The molecule has 0 spiro atoms. The number of hydrogen-bond donors (Lipinski definition) is 1. The third kappa shape index (κ3) is 5.58. The van der Waals surface area contributed by atoms with Crippen LogP contribution in [-0.2, 0) is 19.1 Å². The highest BCUT2D eigenvalue weighted by atomic mass is 16.5. The number of nitrogens with one attached hydrogen (secondary N) is 1. The molecule has 26 heavy (non-hydrogen) atoms. The summed E-state index contributed by atoms with van der Waals surface area (Å²) in [5.41, 5.74) is 2.70. The Morgan fingerprint density at radius 2 is 1.73 bits per heavy atom. The zero-order valence-corrected chi connectivity index (χ0v) is 15.8. The van der Waals surface area contributed by atoms with E-state index in [0.29, 0.717) is 0 Å². The smallest absolute Gasteiger partial charge is 0.309 e. The molecule has 1 N–H and O–H groups in total. The Labute approximate surface area is 154 Å². The average Bonchev–Trinajstić information content (AvgIpc) is 2.63. The second kappa shape index (κ2) is 9.36. The van der Waals surface area contributed by atoms with Crippen molar-refractivity contribution in [2.45, 2.75) is 46.0 Å². The van der Waals surface area contributed by atoms with Crippen molar-refractivity contribution in [1.29, 1.82) is 0 Å². The van der Waals surface area contributed by atoms with E-state index >= 15 is 0 Å². The first kappa shape index (κ1) is 19.9. The SMILES string of the molecule is Cc1cccc(C)c1NC(=O)CN(C)C(=O)COC(=O)C1CCCCC1. The highest BCUT2D eigenvalue weighted by Gasteiger charge is 2.24. The first-order chi connectivity index (χ1) is 12.4. The van der Waals surface area contributed by atoms with Gasteiger partial charge in [-0.15, -0.1) is 0 Å². The minimum absolute atomic E-state index is 0.0887. The second-order valence-electron chi connectivity index (χ2n) is 7.01. The van der Waals surface area contributed by atoms with Crippen LogP contribution in [0.15, 0.2) is 18.2 Å². The van der Waals surface area contributed by atoms with Crippen LogP contribution >= 0.6 is 0 Å². The number of hydrogen-bond acceptors (Lipinski definition) is 4. The number of para-hydroxylation sites is 1. The quantitative estimate of drug-likeness (QED) is 0.792. The molecule has 0 heterocycles. The lowest BCUT2D eigenvalue weighted by Crippen LogP contribution is -2.38. The topological polar surface area (TPSA) is 75.7 Å². The zero-order chi connectivity index (χ0) is 19.1. The van der Waals surface area contributed by atoms with Crippen molar-refractivity contribution < 1.29 is 19.1 Å². The summed E-state index contributed by atoms with van der Waals surface area (Å²) in [6, 6.07) is 5.76. The number of benzene rings is 1. The lowest BCUT2D eigenvalue weighted by molar-refractivity contribution is -0.156. The Balaban J connectivity index is 1.79. The Bertz CT molecular complexity index is 646. The van der Waals surface area contributed by atoms with Crippen LogP contribution in [-0.4, -0.2) is 42.9 Å². The normalized spacial score (nSPS) is 14.6. The van der Waals surface area contributed by atoms with Crippen molar-refractivity contribution in [3.8, 4) is 0 Å². The minimum Gasteiger partial charge on any atom is -0.455 e. The fourth-order valence-corrected chi connectivity index (χ4v) is 3.19. The van der Waals surface area contributed by atoms with Crippen LogP contribution in [0.2, 0.25) is 0 Å². The number of ether oxygens (including phenoxy) is 1. The van der Waals surface area contributed by atoms with Crippen LogP contribution in [0, 0.1) is 19.8 Å². The molecule has 1 aromatic rings. The van der Waals surface area contributed by atoms with Gasteiger partial charge in [0.05, 0.1) is 12.5 Å². The van der Waals surface area contributed by atoms with Gasteiger partial charge in [-0.2, -0.15) is 0 Å². The fourth-order valence-electron chi connectivity index (χ4n) is 3.19. The number of anilines is 1. The van der Waals surface area contributed by atoms with Gasteiger partial charge in [0.2, 0.25) is 5.91 Å². The fraction of sp³-hybridized carbons (Fsp3) is 0.550. The molecule has 1 aliphatic rings. The van der Waals surface area contributed by atoms with Gasteiger partial charge in [0, 0.05) is 12.7 Å². The molecule has 0 unspecified atom stereocenters. The summed E-state index contributed by atoms with van der Waals surface area (Å²) in [4.78, 5) is 37.6. The Morgan fingerprint density at radius 3 is 2.35 bits per heavy atom. The molecule has 0 bridgehead atoms. The summed E-state index contributed by atoms with van der Waals surface area (Å²) < 4.78 is 5.14. The molecule has 0 saturated heterocycles. The number of amides is 2. The maximum atomic E-state index is 12.2. The number of carbonyl (C=O) groups is 3. The van der Waals surface area contributed by atoms with E-state index in [1.54, 1.807) is 0 Å². The Morgan fingerprint density at radius 1 is 1.12 bits per heavy atom. The Hall–Kier alpha value is -2.37. The zero-order valence-electron chi connectivity index (χ0n) is 15.8. The first-order valence-electron chi connectivity index (χ1n) is 9.15. The molecule has 6 heteroatoms. The molecule has 0 radical (unpaired) electrons. The van der Waals surface area contributed by atoms with Crippen molar-refractivity contribution >= 4 is 23.5 Å². The molecule has 2 rings (SSSR count). The molecule has 0 atom stereocenters. The maximum Gasteiger partial charge on any atom is 0.309 e. The number of esters is 1. The molecule has 0 aliphatic heterocycles. The third-order valence-corrected chi connectivity index (χ3v) is 4.83. The molecule has 0 aromatic heterocycles. The van der Waals surface area contributed by atoms with E-state index in [9.17, 15) is 14.4 Å². The van der Waals surface area contributed by atoms with Crippen molar-refractivity contribution in [2.24, 2.45) is 5.92 Å². The lowest BCUT2D eigenvalue weighted by atomic mass is 9.89. The van der Waals surface area contributed by atoms with Crippen LogP contribution in [0.1, 0.15) is 43.2 Å². The lowest BCUT2D eigenvalue weighted by Gasteiger charge is -2.21. The van der Waals surface area contributed by atoms with Crippen LogP contribution in [0.25, 0.3) is 0 Å². The Kier molecular flexibility index (Phi) is 7.18. The van der Waals surface area contributed by atoms with E-state index < -0.39 is 0 Å². The second-order valence-corrected chi connectivity index (χ2v) is 7.01. The molecule has 2 amide bonds. The monoisotopic (exact) mass is 360 g/mol. The summed E-state index contributed by atoms with van der Waals surface area (Å²) in [6.07, 6.45) is 4.89. The van der Waals surface area contributed by atoms with E-state index in [2.05, 4.69) is 5.32 Å². The van der Waals surface area contributed by atoms with E-state index in [1.165, 1.54) is 11.9 Å². The number of aryl methyl sites for hydroxylation is 2. The molecule has 6 nitrogen and oxygen atoms in total. The number of nitrogens with zero attached hydrogens (tertiary/aromatic N) is 1. The predicted octanol–water partition coefficient (Wildman–Crippen LogP) is 2.82. The summed E-state index contributed by atoms with van der Waals surface area (Å²) in [7, 11) is 1.53. The largest absolute Gasteiger partial charge is 0.455 e. The van der Waals surface area contributed by atoms with Gasteiger partial charge in [-0.25, -0.2) is 0 Å². The van der Waals surface area contributed by atoms with Crippen LogP contribution in [0.4, 0.5) is 5.69 Å². The average molecular weight is 360 g/mol. The van der Waals surface area contributed by atoms with E-state index in [1.807, 2.05) is 32.0 Å². The molecule has 1 fully saturated rings. The van der Waals surface area contributed by atoms with Gasteiger partial charge in [-0.1, -0.05) is 37.5 Å². The summed E-state index contributed by atoms with van der Waals surface area (Å²) in [6.45, 7) is 3.43. The molecule has 1 aliphatic carbocycles. The highest BCUT2D eigenvalue weighted by Crippen LogP contribution is 2.24. The van der Waals surface area contributed by atoms with Crippen molar-refractivity contribution in [2.75, 3.05) is 25.5 Å².